The topological polar surface area (TPSA) is 72.3 Å². The Labute approximate surface area is 201 Å². The highest BCUT2D eigenvalue weighted by Crippen LogP contribution is 2.32. The van der Waals surface area contributed by atoms with Crippen LogP contribution in [0.3, 0.4) is 0 Å². The lowest BCUT2D eigenvalue weighted by Gasteiger charge is -2.32. The number of hydrogen-bond acceptors (Lipinski definition) is 5. The lowest BCUT2D eigenvalue weighted by Crippen LogP contribution is -2.32. The van der Waals surface area contributed by atoms with Crippen LogP contribution in [0.4, 0.5) is 4.79 Å². The van der Waals surface area contributed by atoms with Crippen LogP contribution in [0.15, 0.2) is 42.6 Å². The van der Waals surface area contributed by atoms with E-state index in [9.17, 15) is 4.79 Å². The minimum atomic E-state index is -0.525. The number of nitrogens with zero attached hydrogens (tertiary/aromatic N) is 4. The maximum atomic E-state index is 11.8. The van der Waals surface area contributed by atoms with Crippen molar-refractivity contribution in [3.8, 4) is 11.8 Å². The maximum absolute atomic E-state index is 11.8. The molecule has 4 rings (SSSR count). The number of alkyl carbamates (subject to hydrolysis) is 1. The molecule has 1 unspecified atom stereocenters. The van der Waals surface area contributed by atoms with Crippen LogP contribution in [0.5, 0.6) is 0 Å². The summed E-state index contributed by atoms with van der Waals surface area (Å²) in [5.41, 5.74) is 4.03. The van der Waals surface area contributed by atoms with Gasteiger partial charge < -0.3 is 14.6 Å². The van der Waals surface area contributed by atoms with Crippen LogP contribution in [0.1, 0.15) is 56.7 Å². The van der Waals surface area contributed by atoms with Gasteiger partial charge in [-0.15, -0.1) is 0 Å². The number of ether oxygens (including phenoxy) is 1. The minimum absolute atomic E-state index is 0.237. The number of imidazole rings is 1. The van der Waals surface area contributed by atoms with E-state index in [0.29, 0.717) is 13.1 Å². The molecule has 0 saturated carbocycles. The number of fused-ring (bicyclic) bond motifs is 2. The van der Waals surface area contributed by atoms with Crippen LogP contribution >= 0.6 is 0 Å². The molecule has 3 aromatic rings. The summed E-state index contributed by atoms with van der Waals surface area (Å²) in [5, 5.41) is 2.68. The third-order valence-electron chi connectivity index (χ3n) is 5.90. The van der Waals surface area contributed by atoms with Gasteiger partial charge in [0, 0.05) is 6.20 Å². The van der Waals surface area contributed by atoms with Gasteiger partial charge in [0.15, 0.2) is 0 Å². The summed E-state index contributed by atoms with van der Waals surface area (Å²) in [6.07, 6.45) is 4.79. The quantitative estimate of drug-likeness (QED) is 0.570. The Kier molecular flexibility index (Phi) is 7.18. The van der Waals surface area contributed by atoms with Gasteiger partial charge >= 0.3 is 6.09 Å². The van der Waals surface area contributed by atoms with E-state index < -0.39 is 11.7 Å². The number of nitrogens with one attached hydrogen (secondary N) is 1. The Morgan fingerprint density at radius 1 is 1.24 bits per heavy atom. The maximum Gasteiger partial charge on any atom is 0.408 e. The normalized spacial score (nSPS) is 15.5. The number of hydrogen-bond donors (Lipinski definition) is 1. The highest BCUT2D eigenvalue weighted by Gasteiger charge is 2.26. The summed E-state index contributed by atoms with van der Waals surface area (Å²) in [6, 6.07) is 12.6. The first-order chi connectivity index (χ1) is 16.3. The number of carbonyl (C=O) groups excluding carboxylic acids is 1. The van der Waals surface area contributed by atoms with Gasteiger partial charge in [0.05, 0.1) is 42.4 Å². The first-order valence-electron chi connectivity index (χ1n) is 11.8. The van der Waals surface area contributed by atoms with E-state index in [1.54, 1.807) is 0 Å². The largest absolute Gasteiger partial charge is 0.444 e. The van der Waals surface area contributed by atoms with Gasteiger partial charge in [-0.3, -0.25) is 9.88 Å². The van der Waals surface area contributed by atoms with Crippen molar-refractivity contribution in [1.82, 2.24) is 24.8 Å². The molecule has 1 aliphatic carbocycles. The van der Waals surface area contributed by atoms with E-state index in [0.717, 1.165) is 29.7 Å². The van der Waals surface area contributed by atoms with Gasteiger partial charge in [0.2, 0.25) is 0 Å². The summed E-state index contributed by atoms with van der Waals surface area (Å²) in [5.74, 6) is 7.18. The van der Waals surface area contributed by atoms with E-state index in [4.69, 9.17) is 14.7 Å². The third-order valence-corrected chi connectivity index (χ3v) is 5.90. The molecule has 1 aromatic carbocycles. The van der Waals surface area contributed by atoms with Crippen LogP contribution in [0.2, 0.25) is 0 Å². The molecule has 1 N–H and O–H groups in total. The number of aryl methyl sites for hydroxylation is 1. The summed E-state index contributed by atoms with van der Waals surface area (Å²) >= 11 is 0. The predicted octanol–water partition coefficient (Wildman–Crippen LogP) is 4.47. The van der Waals surface area contributed by atoms with E-state index in [2.05, 4.69) is 45.8 Å². The predicted molar refractivity (Wildman–Crippen MR) is 133 cm³/mol. The van der Waals surface area contributed by atoms with Crippen molar-refractivity contribution in [1.29, 1.82) is 0 Å². The van der Waals surface area contributed by atoms with Crippen molar-refractivity contribution in [3.63, 3.8) is 0 Å². The lowest BCUT2D eigenvalue weighted by molar-refractivity contribution is 0.0535. The number of rotatable bonds is 5. The number of aromatic nitrogens is 3. The van der Waals surface area contributed by atoms with Crippen molar-refractivity contribution < 1.29 is 9.53 Å². The highest BCUT2D eigenvalue weighted by atomic mass is 16.6. The Bertz CT molecular complexity index is 1210. The molecule has 34 heavy (non-hydrogen) atoms. The standard InChI is InChI=1S/C27H33N5O2/c1-27(2,3)34-26(33)29-16-7-8-18-32-22-14-6-5-13-21(22)30-24(32)19-31(4)23-15-9-11-20-12-10-17-28-25(20)23/h5-6,10,12-14,17,23H,9,11,15-16,18-19H2,1-4H3,(H,29,33). The summed E-state index contributed by atoms with van der Waals surface area (Å²) in [6.45, 7) is 6.95. The summed E-state index contributed by atoms with van der Waals surface area (Å²) in [7, 11) is 2.15. The first kappa shape index (κ1) is 23.8. The second kappa shape index (κ2) is 10.3. The van der Waals surface area contributed by atoms with Crippen molar-refractivity contribution in [2.75, 3.05) is 13.6 Å². The smallest absolute Gasteiger partial charge is 0.408 e. The summed E-state index contributed by atoms with van der Waals surface area (Å²) < 4.78 is 7.41. The summed E-state index contributed by atoms with van der Waals surface area (Å²) in [4.78, 5) is 23.8. The molecule has 0 aliphatic heterocycles. The van der Waals surface area contributed by atoms with E-state index in [1.165, 1.54) is 17.7 Å². The van der Waals surface area contributed by atoms with Crippen LogP contribution in [0.25, 0.3) is 11.0 Å². The zero-order valence-electron chi connectivity index (χ0n) is 20.5. The van der Waals surface area contributed by atoms with Crippen molar-refractivity contribution in [2.24, 2.45) is 0 Å². The fourth-order valence-electron chi connectivity index (χ4n) is 4.40. The van der Waals surface area contributed by atoms with Crippen molar-refractivity contribution in [3.05, 3.63) is 59.7 Å². The van der Waals surface area contributed by atoms with Crippen LogP contribution in [-0.4, -0.2) is 44.7 Å². The molecule has 178 valence electrons. The molecule has 0 bridgehead atoms. The molecule has 1 atom stereocenters. The molecular weight excluding hydrogens is 426 g/mol. The van der Waals surface area contributed by atoms with Crippen LogP contribution in [-0.2, 0) is 24.2 Å². The second-order valence-corrected chi connectivity index (χ2v) is 9.68. The van der Waals surface area contributed by atoms with Gasteiger partial charge in [0.1, 0.15) is 11.4 Å². The number of carbonyl (C=O) groups is 1. The van der Waals surface area contributed by atoms with Gasteiger partial charge in [0.25, 0.3) is 0 Å². The Hall–Kier alpha value is -3.37. The molecule has 0 radical (unpaired) electrons. The number of amides is 1. The molecular formula is C27H33N5O2. The van der Waals surface area contributed by atoms with E-state index in [1.807, 2.05) is 51.2 Å². The third kappa shape index (κ3) is 5.75. The fraction of sp³-hybridized carbons (Fsp3) is 0.444. The van der Waals surface area contributed by atoms with Gasteiger partial charge in [-0.1, -0.05) is 30.0 Å². The number of pyridine rings is 1. The molecule has 7 nitrogen and oxygen atoms in total. The minimum Gasteiger partial charge on any atom is -0.444 e. The number of para-hydroxylation sites is 2. The molecule has 2 heterocycles. The van der Waals surface area contributed by atoms with E-state index in [-0.39, 0.29) is 12.6 Å². The molecule has 2 aromatic heterocycles. The van der Waals surface area contributed by atoms with Crippen molar-refractivity contribution in [2.45, 2.75) is 64.8 Å². The van der Waals surface area contributed by atoms with Crippen LogP contribution < -0.4 is 5.32 Å². The second-order valence-electron chi connectivity index (χ2n) is 9.68. The zero-order chi connectivity index (χ0) is 24.1. The highest BCUT2D eigenvalue weighted by molar-refractivity contribution is 5.76. The Morgan fingerprint density at radius 3 is 2.88 bits per heavy atom. The molecule has 1 amide bonds. The van der Waals surface area contributed by atoms with Crippen molar-refractivity contribution >= 4 is 17.1 Å². The fourth-order valence-corrected chi connectivity index (χ4v) is 4.40. The average Bonchev–Trinajstić information content (AvgIpc) is 3.14. The molecule has 0 spiro atoms. The van der Waals surface area contributed by atoms with Gasteiger partial charge in [-0.05, 0) is 70.8 Å². The molecule has 0 saturated heterocycles. The van der Waals surface area contributed by atoms with E-state index >= 15 is 0 Å². The number of benzene rings is 1. The zero-order valence-corrected chi connectivity index (χ0v) is 20.5. The Balaban J connectivity index is 1.48. The van der Waals surface area contributed by atoms with Gasteiger partial charge in [-0.2, -0.15) is 0 Å². The lowest BCUT2D eigenvalue weighted by atomic mass is 9.91. The first-order valence-corrected chi connectivity index (χ1v) is 11.8. The molecule has 0 fully saturated rings. The Morgan fingerprint density at radius 2 is 2.06 bits per heavy atom. The monoisotopic (exact) mass is 459 g/mol. The van der Waals surface area contributed by atoms with Crippen LogP contribution in [0, 0.1) is 11.8 Å². The van der Waals surface area contributed by atoms with Gasteiger partial charge in [-0.25, -0.2) is 9.78 Å². The average molecular weight is 460 g/mol. The molecule has 1 aliphatic rings. The molecule has 7 heteroatoms. The SMILES string of the molecule is CN(Cc1nc2ccccc2n1CC#CCNC(=O)OC(C)(C)C)C1CCCc2cccnc21.